The lowest BCUT2D eigenvalue weighted by Crippen LogP contribution is -2.10. The Balaban J connectivity index is 1.78. The third-order valence-corrected chi connectivity index (χ3v) is 5.38. The molecule has 0 unspecified atom stereocenters. The van der Waals surface area contributed by atoms with Crippen molar-refractivity contribution < 1.29 is 0 Å². The number of thioether (sulfide) groups is 1. The topological polar surface area (TPSA) is 97.2 Å². The van der Waals surface area contributed by atoms with Crippen LogP contribution in [0.3, 0.4) is 0 Å². The Morgan fingerprint density at radius 2 is 2.03 bits per heavy atom. The van der Waals surface area contributed by atoms with E-state index in [9.17, 15) is 5.26 Å². The largest absolute Gasteiger partial charge is 0.363 e. The van der Waals surface area contributed by atoms with Crippen LogP contribution in [0.25, 0.3) is 22.3 Å². The Hall–Kier alpha value is -3.38. The molecular formula is C20H20N8S. The molecule has 1 N–H and O–H groups in total. The summed E-state index contributed by atoms with van der Waals surface area (Å²) < 4.78 is 3.88. The number of nitrogens with zero attached hydrogens (tertiary/aromatic N) is 7. The highest BCUT2D eigenvalue weighted by Gasteiger charge is 2.16. The van der Waals surface area contributed by atoms with Gasteiger partial charge in [0.2, 0.25) is 0 Å². The summed E-state index contributed by atoms with van der Waals surface area (Å²) in [4.78, 5) is 13.7. The van der Waals surface area contributed by atoms with E-state index in [2.05, 4.69) is 32.5 Å². The summed E-state index contributed by atoms with van der Waals surface area (Å²) in [6.07, 6.45) is 5.68. The number of anilines is 1. The number of pyridine rings is 1. The molecule has 0 saturated carbocycles. The van der Waals surface area contributed by atoms with Crippen LogP contribution in [0.5, 0.6) is 0 Å². The van der Waals surface area contributed by atoms with Crippen molar-refractivity contribution in [3.63, 3.8) is 0 Å². The van der Waals surface area contributed by atoms with Crippen LogP contribution in [0.2, 0.25) is 0 Å². The van der Waals surface area contributed by atoms with Gasteiger partial charge >= 0.3 is 0 Å². The minimum Gasteiger partial charge on any atom is -0.363 e. The fraction of sp³-hybridized carbons (Fsp3) is 0.250. The minimum atomic E-state index is 0.421. The summed E-state index contributed by atoms with van der Waals surface area (Å²) in [7, 11) is 3.91. The van der Waals surface area contributed by atoms with Crippen molar-refractivity contribution >= 4 is 28.6 Å². The first-order valence-corrected chi connectivity index (χ1v) is 10.2. The molecule has 0 amide bonds. The summed E-state index contributed by atoms with van der Waals surface area (Å²) in [5, 5.41) is 17.8. The molecule has 0 aliphatic heterocycles. The second-order valence-electron chi connectivity index (χ2n) is 6.64. The van der Waals surface area contributed by atoms with Gasteiger partial charge in [0.15, 0.2) is 5.16 Å². The lowest BCUT2D eigenvalue weighted by molar-refractivity contribution is 0.774. The predicted octanol–water partition coefficient (Wildman–Crippen LogP) is 3.28. The summed E-state index contributed by atoms with van der Waals surface area (Å²) in [5.41, 5.74) is 5.89. The second kappa shape index (κ2) is 7.56. The Morgan fingerprint density at radius 1 is 1.21 bits per heavy atom. The molecule has 0 spiro atoms. The lowest BCUT2D eigenvalue weighted by Gasteiger charge is -2.13. The van der Waals surface area contributed by atoms with Crippen molar-refractivity contribution in [3.8, 4) is 17.3 Å². The summed E-state index contributed by atoms with van der Waals surface area (Å²) in [6, 6.07) is 8.29. The van der Waals surface area contributed by atoms with E-state index in [-0.39, 0.29) is 0 Å². The van der Waals surface area contributed by atoms with Crippen LogP contribution in [0, 0.1) is 18.3 Å². The molecule has 0 saturated heterocycles. The molecule has 4 rings (SSSR count). The van der Waals surface area contributed by atoms with Crippen LogP contribution in [0.1, 0.15) is 17.0 Å². The fourth-order valence-electron chi connectivity index (χ4n) is 3.29. The number of hydrogen-bond donors (Lipinski definition) is 1. The molecule has 4 aromatic rings. The molecule has 4 aromatic heterocycles. The van der Waals surface area contributed by atoms with Gasteiger partial charge in [0.05, 0.1) is 34.7 Å². The normalized spacial score (nSPS) is 11.0. The van der Waals surface area contributed by atoms with E-state index in [1.165, 1.54) is 11.8 Å². The molecule has 0 fully saturated rings. The van der Waals surface area contributed by atoms with E-state index >= 15 is 0 Å². The first-order chi connectivity index (χ1) is 14.0. The molecule has 0 aliphatic rings. The van der Waals surface area contributed by atoms with Crippen LogP contribution in [-0.2, 0) is 20.6 Å². The Bertz CT molecular complexity index is 1250. The molecule has 0 aromatic carbocycles. The number of aromatic nitrogens is 6. The van der Waals surface area contributed by atoms with Gasteiger partial charge in [-0.15, -0.1) is 0 Å². The van der Waals surface area contributed by atoms with Gasteiger partial charge in [0.1, 0.15) is 17.5 Å². The molecule has 29 heavy (non-hydrogen) atoms. The number of fused-ring (bicyclic) bond motifs is 1. The number of aryl methyl sites for hydroxylation is 3. The molecule has 8 nitrogen and oxygen atoms in total. The van der Waals surface area contributed by atoms with Gasteiger partial charge in [0.25, 0.3) is 0 Å². The molecule has 0 bridgehead atoms. The Morgan fingerprint density at radius 3 is 2.72 bits per heavy atom. The molecule has 0 atom stereocenters. The van der Waals surface area contributed by atoms with Crippen molar-refractivity contribution in [3.05, 3.63) is 47.5 Å². The van der Waals surface area contributed by atoms with Gasteiger partial charge in [-0.25, -0.2) is 15.0 Å². The van der Waals surface area contributed by atoms with E-state index in [0.29, 0.717) is 28.8 Å². The zero-order valence-electron chi connectivity index (χ0n) is 16.6. The average Bonchev–Trinajstić information content (AvgIpc) is 3.30. The summed E-state index contributed by atoms with van der Waals surface area (Å²) in [5.74, 6) is 0.523. The Labute approximate surface area is 172 Å². The molecular weight excluding hydrogens is 384 g/mol. The maximum atomic E-state index is 9.54. The summed E-state index contributed by atoms with van der Waals surface area (Å²) >= 11 is 1.44. The van der Waals surface area contributed by atoms with Gasteiger partial charge in [-0.2, -0.15) is 10.4 Å². The van der Waals surface area contributed by atoms with E-state index in [1.807, 2.05) is 54.9 Å². The lowest BCUT2D eigenvalue weighted by atomic mass is 10.1. The maximum Gasteiger partial charge on any atom is 0.189 e. The van der Waals surface area contributed by atoms with Crippen molar-refractivity contribution in [1.82, 2.24) is 29.3 Å². The SMILES string of the molecule is CSc1nc(C)c(C#N)c(NCc2nc3ccn(C)c3cc2-c2ccnn2C)n1. The van der Waals surface area contributed by atoms with Crippen molar-refractivity contribution in [1.29, 1.82) is 5.26 Å². The minimum absolute atomic E-state index is 0.421. The number of rotatable bonds is 5. The van der Waals surface area contributed by atoms with Crippen LogP contribution in [0.4, 0.5) is 5.82 Å². The van der Waals surface area contributed by atoms with E-state index in [4.69, 9.17) is 4.98 Å². The third-order valence-electron chi connectivity index (χ3n) is 4.83. The highest BCUT2D eigenvalue weighted by molar-refractivity contribution is 7.98. The molecule has 4 heterocycles. The zero-order valence-corrected chi connectivity index (χ0v) is 17.4. The van der Waals surface area contributed by atoms with Crippen molar-refractivity contribution in [2.24, 2.45) is 14.1 Å². The average molecular weight is 405 g/mol. The van der Waals surface area contributed by atoms with Crippen molar-refractivity contribution in [2.75, 3.05) is 11.6 Å². The van der Waals surface area contributed by atoms with Gasteiger partial charge in [-0.3, -0.25) is 4.68 Å². The van der Waals surface area contributed by atoms with Crippen LogP contribution in [-0.4, -0.2) is 35.6 Å². The number of hydrogen-bond acceptors (Lipinski definition) is 7. The highest BCUT2D eigenvalue weighted by atomic mass is 32.2. The monoisotopic (exact) mass is 404 g/mol. The molecule has 0 aliphatic carbocycles. The summed E-state index contributed by atoms with van der Waals surface area (Å²) in [6.45, 7) is 2.24. The van der Waals surface area contributed by atoms with E-state index in [1.54, 1.807) is 6.20 Å². The smallest absolute Gasteiger partial charge is 0.189 e. The Kier molecular flexibility index (Phi) is 4.94. The number of nitrogens with one attached hydrogen (secondary N) is 1. The maximum absolute atomic E-state index is 9.54. The molecule has 146 valence electrons. The van der Waals surface area contributed by atoms with E-state index < -0.39 is 0 Å². The van der Waals surface area contributed by atoms with Crippen LogP contribution >= 0.6 is 11.8 Å². The standard InChI is InChI=1S/C20H20N8S/c1-12-14(10-21)19(26-20(24-12)29-4)22-11-16-13(17-5-7-23-28(17)3)9-18-15(25-16)6-8-27(18)2/h5-9H,11H2,1-4H3,(H,22,24,26). The molecule has 9 heteroatoms. The number of nitriles is 1. The van der Waals surface area contributed by atoms with Crippen molar-refractivity contribution in [2.45, 2.75) is 18.6 Å². The highest BCUT2D eigenvalue weighted by Crippen LogP contribution is 2.28. The van der Waals surface area contributed by atoms with E-state index in [0.717, 1.165) is 28.0 Å². The predicted molar refractivity (Wildman–Crippen MR) is 114 cm³/mol. The van der Waals surface area contributed by atoms with Crippen LogP contribution in [0.15, 0.2) is 35.7 Å². The van der Waals surface area contributed by atoms with Gasteiger partial charge < -0.3 is 9.88 Å². The quantitative estimate of drug-likeness (QED) is 0.403. The molecule has 0 radical (unpaired) electrons. The zero-order chi connectivity index (χ0) is 20.5. The van der Waals surface area contributed by atoms with Gasteiger partial charge in [0, 0.05) is 32.1 Å². The van der Waals surface area contributed by atoms with Gasteiger partial charge in [-0.05, 0) is 31.4 Å². The third kappa shape index (κ3) is 3.43. The first-order valence-electron chi connectivity index (χ1n) is 9.01. The second-order valence-corrected chi connectivity index (χ2v) is 7.41. The first kappa shape index (κ1) is 19.0. The van der Waals surface area contributed by atoms with Crippen LogP contribution < -0.4 is 5.32 Å². The fourth-order valence-corrected chi connectivity index (χ4v) is 3.70. The van der Waals surface area contributed by atoms with Gasteiger partial charge in [-0.1, -0.05) is 11.8 Å².